The molecule has 1 fully saturated rings. The van der Waals surface area contributed by atoms with Crippen LogP contribution >= 0.6 is 12.4 Å². The van der Waals surface area contributed by atoms with Crippen molar-refractivity contribution in [2.75, 3.05) is 25.1 Å². The van der Waals surface area contributed by atoms with Crippen LogP contribution in [0.4, 0.5) is 10.5 Å². The topological polar surface area (TPSA) is 50.6 Å². The number of hydrogen-bond acceptors (Lipinski definition) is 3. The van der Waals surface area contributed by atoms with Gasteiger partial charge in [0.05, 0.1) is 24.7 Å². The summed E-state index contributed by atoms with van der Waals surface area (Å²) in [7, 11) is 1.66. The predicted molar refractivity (Wildman–Crippen MR) is 120 cm³/mol. The first kappa shape index (κ1) is 20.3. The van der Waals surface area contributed by atoms with Crippen molar-refractivity contribution in [3.63, 3.8) is 0 Å². The number of hydrogen-bond donors (Lipinski definition) is 0. The molecule has 0 saturated carbocycles. The van der Waals surface area contributed by atoms with Crippen molar-refractivity contribution in [3.05, 3.63) is 54.7 Å². The van der Waals surface area contributed by atoms with Crippen LogP contribution in [0.5, 0.6) is 5.75 Å². The van der Waals surface area contributed by atoms with Crippen LogP contribution in [0.1, 0.15) is 19.3 Å². The lowest BCUT2D eigenvalue weighted by molar-refractivity contribution is 0.191. The Hall–Kier alpha value is -2.99. The number of imidazole rings is 1. The molecule has 0 bridgehead atoms. The Balaban J connectivity index is 0.00000218. The number of rotatable bonds is 2. The van der Waals surface area contributed by atoms with Gasteiger partial charge in [-0.3, -0.25) is 4.90 Å². The Morgan fingerprint density at radius 1 is 1.03 bits per heavy atom. The average Bonchev–Trinajstić information content (AvgIpc) is 3.23. The molecule has 3 heterocycles. The maximum Gasteiger partial charge on any atom is 0.326 e. The minimum absolute atomic E-state index is 0. The van der Waals surface area contributed by atoms with Gasteiger partial charge < -0.3 is 14.2 Å². The molecule has 2 aromatic carbocycles. The molecule has 1 saturated heterocycles. The van der Waals surface area contributed by atoms with Gasteiger partial charge in [0, 0.05) is 24.2 Å². The van der Waals surface area contributed by atoms with E-state index in [4.69, 9.17) is 9.72 Å². The Labute approximate surface area is 182 Å². The third-order valence-corrected chi connectivity index (χ3v) is 5.79. The van der Waals surface area contributed by atoms with Crippen LogP contribution in [0.3, 0.4) is 0 Å². The number of urea groups is 1. The summed E-state index contributed by atoms with van der Waals surface area (Å²) in [6.07, 6.45) is 5.25. The van der Waals surface area contributed by atoms with E-state index in [0.29, 0.717) is 6.67 Å². The summed E-state index contributed by atoms with van der Waals surface area (Å²) in [5.41, 5.74) is 3.99. The van der Waals surface area contributed by atoms with Crippen molar-refractivity contribution in [2.24, 2.45) is 0 Å². The van der Waals surface area contributed by atoms with Crippen molar-refractivity contribution in [2.45, 2.75) is 25.9 Å². The summed E-state index contributed by atoms with van der Waals surface area (Å²) in [5, 5.41) is 0. The van der Waals surface area contributed by atoms with Gasteiger partial charge in [-0.25, -0.2) is 9.78 Å². The molecular formula is C23H25ClN4O2. The minimum Gasteiger partial charge on any atom is -0.497 e. The van der Waals surface area contributed by atoms with Gasteiger partial charge in [-0.15, -0.1) is 12.4 Å². The number of aromatic nitrogens is 2. The summed E-state index contributed by atoms with van der Waals surface area (Å²) < 4.78 is 7.51. The van der Waals surface area contributed by atoms with Crippen LogP contribution in [0.15, 0.2) is 54.7 Å². The molecule has 0 radical (unpaired) electrons. The number of likely N-dealkylation sites (tertiary alicyclic amines) is 1. The number of piperidine rings is 1. The number of ether oxygens (including phenoxy) is 1. The first-order valence-electron chi connectivity index (χ1n) is 10.1. The lowest BCUT2D eigenvalue weighted by Gasteiger charge is -2.36. The van der Waals surface area contributed by atoms with Gasteiger partial charge >= 0.3 is 6.03 Å². The van der Waals surface area contributed by atoms with E-state index in [0.717, 1.165) is 60.0 Å². The number of halogens is 1. The van der Waals surface area contributed by atoms with Crippen molar-refractivity contribution in [1.82, 2.24) is 14.5 Å². The van der Waals surface area contributed by atoms with Crippen molar-refractivity contribution < 1.29 is 9.53 Å². The quantitative estimate of drug-likeness (QED) is 0.579. The largest absolute Gasteiger partial charge is 0.497 e. The maximum absolute atomic E-state index is 13.4. The van der Waals surface area contributed by atoms with E-state index in [1.807, 2.05) is 58.5 Å². The molecule has 2 aliphatic rings. The Morgan fingerprint density at radius 2 is 1.83 bits per heavy atom. The van der Waals surface area contributed by atoms with E-state index in [2.05, 4.69) is 10.6 Å². The molecule has 6 nitrogen and oxygen atoms in total. The first-order chi connectivity index (χ1) is 14.3. The molecule has 5 rings (SSSR count). The minimum atomic E-state index is 0. The van der Waals surface area contributed by atoms with E-state index < -0.39 is 0 Å². The fraction of sp³-hybridized carbons (Fsp3) is 0.304. The highest BCUT2D eigenvalue weighted by atomic mass is 35.5. The number of carbonyl (C=O) groups is 1. The summed E-state index contributed by atoms with van der Waals surface area (Å²) in [6.45, 7) is 2.11. The molecule has 156 valence electrons. The van der Waals surface area contributed by atoms with Crippen LogP contribution in [-0.4, -0.2) is 40.7 Å². The molecule has 1 aromatic heterocycles. The molecule has 0 atom stereocenters. The monoisotopic (exact) mass is 424 g/mol. The summed E-state index contributed by atoms with van der Waals surface area (Å²) in [5.74, 6) is 1.63. The lowest BCUT2D eigenvalue weighted by Crippen LogP contribution is -2.47. The highest BCUT2D eigenvalue weighted by molar-refractivity contribution is 5.97. The molecular weight excluding hydrogens is 400 g/mol. The summed E-state index contributed by atoms with van der Waals surface area (Å²) >= 11 is 0. The Morgan fingerprint density at radius 3 is 2.63 bits per heavy atom. The number of fused-ring (bicyclic) bond motifs is 3. The Kier molecular flexibility index (Phi) is 5.68. The lowest BCUT2D eigenvalue weighted by atomic mass is 10.1. The van der Waals surface area contributed by atoms with Crippen LogP contribution < -0.4 is 9.64 Å². The van der Waals surface area contributed by atoms with E-state index >= 15 is 0 Å². The van der Waals surface area contributed by atoms with Crippen LogP contribution in [-0.2, 0) is 6.67 Å². The molecule has 0 spiro atoms. The third-order valence-electron chi connectivity index (χ3n) is 5.79. The van der Waals surface area contributed by atoms with Crippen molar-refractivity contribution >= 4 is 24.1 Å². The third kappa shape index (κ3) is 3.41. The molecule has 30 heavy (non-hydrogen) atoms. The standard InChI is InChI=1S/C23H24N4O2.ClH/c1-29-18-9-7-8-17(14-18)22-24-15-21-19-10-3-4-11-20(19)27(16-26(21)22)23(28)25-12-5-2-6-13-25;/h3-4,7-11,14-15H,2,5-6,12-13,16H2,1H3;1H. The second-order valence-electron chi connectivity index (χ2n) is 7.54. The van der Waals surface area contributed by atoms with Gasteiger partial charge in [-0.2, -0.15) is 0 Å². The van der Waals surface area contributed by atoms with Crippen LogP contribution in [0.2, 0.25) is 0 Å². The van der Waals surface area contributed by atoms with Gasteiger partial charge in [0.15, 0.2) is 0 Å². The number of methoxy groups -OCH3 is 1. The second kappa shape index (κ2) is 8.40. The smallest absolute Gasteiger partial charge is 0.326 e. The van der Waals surface area contributed by atoms with Crippen molar-refractivity contribution in [1.29, 1.82) is 0 Å². The number of para-hydroxylation sites is 1. The number of carbonyl (C=O) groups excluding carboxylic acids is 1. The van der Waals surface area contributed by atoms with E-state index in [1.165, 1.54) is 6.42 Å². The molecule has 3 aromatic rings. The Bertz CT molecular complexity index is 1060. The van der Waals surface area contributed by atoms with Gasteiger partial charge in [0.1, 0.15) is 18.2 Å². The van der Waals surface area contributed by atoms with Gasteiger partial charge in [-0.05, 0) is 37.5 Å². The summed E-state index contributed by atoms with van der Waals surface area (Å²) in [4.78, 5) is 22.0. The van der Waals surface area contributed by atoms with E-state index in [-0.39, 0.29) is 18.4 Å². The highest BCUT2D eigenvalue weighted by Gasteiger charge is 2.31. The van der Waals surface area contributed by atoms with E-state index in [9.17, 15) is 4.79 Å². The molecule has 0 aliphatic carbocycles. The van der Waals surface area contributed by atoms with Gasteiger partial charge in [0.25, 0.3) is 0 Å². The normalized spacial score (nSPS) is 15.1. The number of anilines is 1. The van der Waals surface area contributed by atoms with Gasteiger partial charge in [-0.1, -0.05) is 30.3 Å². The maximum atomic E-state index is 13.4. The number of amides is 2. The highest BCUT2D eigenvalue weighted by Crippen LogP contribution is 2.39. The zero-order valence-corrected chi connectivity index (χ0v) is 17.8. The molecule has 0 unspecified atom stereocenters. The number of nitrogens with zero attached hydrogens (tertiary/aromatic N) is 4. The SMILES string of the molecule is COc1cccc(-c2ncc3n2CN(C(=O)N2CCCCC2)c2ccccc2-3)c1.Cl. The molecule has 7 heteroatoms. The molecule has 0 N–H and O–H groups in total. The zero-order chi connectivity index (χ0) is 19.8. The second-order valence-corrected chi connectivity index (χ2v) is 7.54. The zero-order valence-electron chi connectivity index (χ0n) is 17.0. The van der Waals surface area contributed by atoms with Crippen LogP contribution in [0, 0.1) is 0 Å². The number of benzene rings is 2. The fourth-order valence-electron chi connectivity index (χ4n) is 4.29. The van der Waals surface area contributed by atoms with Crippen LogP contribution in [0.25, 0.3) is 22.6 Å². The average molecular weight is 425 g/mol. The molecule has 2 amide bonds. The summed E-state index contributed by atoms with van der Waals surface area (Å²) in [6, 6.07) is 16.1. The van der Waals surface area contributed by atoms with Crippen molar-refractivity contribution in [3.8, 4) is 28.4 Å². The predicted octanol–water partition coefficient (Wildman–Crippen LogP) is 5.03. The molecule has 2 aliphatic heterocycles. The van der Waals surface area contributed by atoms with Gasteiger partial charge in [0.2, 0.25) is 0 Å². The fourth-order valence-corrected chi connectivity index (χ4v) is 4.29. The first-order valence-corrected chi connectivity index (χ1v) is 10.1. The van der Waals surface area contributed by atoms with E-state index in [1.54, 1.807) is 7.11 Å².